The maximum atomic E-state index is 4.56. The predicted octanol–water partition coefficient (Wildman–Crippen LogP) is 3.67. The third-order valence-corrected chi connectivity index (χ3v) is 3.49. The summed E-state index contributed by atoms with van der Waals surface area (Å²) in [7, 11) is 4.20. The quantitative estimate of drug-likeness (QED) is 0.852. The van der Waals surface area contributed by atoms with E-state index in [0.717, 1.165) is 35.2 Å². The zero-order chi connectivity index (χ0) is 13.8. The summed E-state index contributed by atoms with van der Waals surface area (Å²) < 4.78 is 1.09. The van der Waals surface area contributed by atoms with Crippen molar-refractivity contribution in [3.05, 3.63) is 34.4 Å². The number of benzene rings is 1. The number of halogens is 1. The molecule has 4 heteroatoms. The van der Waals surface area contributed by atoms with Gasteiger partial charge < -0.3 is 10.2 Å². The number of nitrogens with one attached hydrogen (secondary N) is 1. The van der Waals surface area contributed by atoms with Crippen LogP contribution in [0.3, 0.4) is 0 Å². The summed E-state index contributed by atoms with van der Waals surface area (Å²) >= 11 is 3.52. The van der Waals surface area contributed by atoms with Crippen LogP contribution in [-0.4, -0.2) is 37.1 Å². The summed E-state index contributed by atoms with van der Waals surface area (Å²) in [6.07, 6.45) is 1.13. The Hall–Kier alpha value is -1.13. The lowest BCUT2D eigenvalue weighted by Gasteiger charge is -2.13. The second-order valence-corrected chi connectivity index (χ2v) is 5.97. The molecule has 0 unspecified atom stereocenters. The highest BCUT2D eigenvalue weighted by molar-refractivity contribution is 9.10. The summed E-state index contributed by atoms with van der Waals surface area (Å²) in [5, 5.41) is 4.69. The van der Waals surface area contributed by atoms with Crippen LogP contribution in [0.4, 0.5) is 5.69 Å². The normalized spacial score (nSPS) is 11.2. The number of nitrogens with zero attached hydrogens (tertiary/aromatic N) is 2. The summed E-state index contributed by atoms with van der Waals surface area (Å²) in [6, 6.07) is 8.32. The van der Waals surface area contributed by atoms with Crippen LogP contribution in [0.25, 0.3) is 10.9 Å². The van der Waals surface area contributed by atoms with Crippen molar-refractivity contribution >= 4 is 32.5 Å². The van der Waals surface area contributed by atoms with Gasteiger partial charge >= 0.3 is 0 Å². The molecule has 19 heavy (non-hydrogen) atoms. The molecule has 2 rings (SSSR count). The van der Waals surface area contributed by atoms with Gasteiger partial charge in [0.15, 0.2) is 0 Å². The van der Waals surface area contributed by atoms with Gasteiger partial charge in [-0.3, -0.25) is 4.98 Å². The minimum Gasteiger partial charge on any atom is -0.384 e. The maximum absolute atomic E-state index is 4.56. The monoisotopic (exact) mass is 321 g/mol. The van der Waals surface area contributed by atoms with Gasteiger partial charge in [0, 0.05) is 27.8 Å². The third-order valence-electron chi connectivity index (χ3n) is 3.00. The molecular formula is C15H20BrN3. The van der Waals surface area contributed by atoms with Gasteiger partial charge in [-0.2, -0.15) is 0 Å². The average molecular weight is 322 g/mol. The molecule has 0 spiro atoms. The minimum atomic E-state index is 0.975. The summed E-state index contributed by atoms with van der Waals surface area (Å²) in [4.78, 5) is 6.77. The van der Waals surface area contributed by atoms with E-state index in [2.05, 4.69) is 63.4 Å². The molecule has 0 aliphatic heterocycles. The third kappa shape index (κ3) is 3.91. The van der Waals surface area contributed by atoms with Gasteiger partial charge in [0.25, 0.3) is 0 Å². The lowest BCUT2D eigenvalue weighted by atomic mass is 10.1. The van der Waals surface area contributed by atoms with Crippen molar-refractivity contribution in [3.8, 4) is 0 Å². The molecule has 0 amide bonds. The number of rotatable bonds is 5. The second kappa shape index (κ2) is 6.35. The van der Waals surface area contributed by atoms with Crippen molar-refractivity contribution in [3.63, 3.8) is 0 Å². The highest BCUT2D eigenvalue weighted by Gasteiger charge is 2.04. The minimum absolute atomic E-state index is 0.975. The number of hydrogen-bond acceptors (Lipinski definition) is 3. The first-order valence-corrected chi connectivity index (χ1v) is 7.31. The van der Waals surface area contributed by atoms with Crippen LogP contribution >= 0.6 is 15.9 Å². The van der Waals surface area contributed by atoms with Gasteiger partial charge in [-0.25, -0.2) is 0 Å². The zero-order valence-corrected chi connectivity index (χ0v) is 13.3. The lowest BCUT2D eigenvalue weighted by Crippen LogP contribution is -2.16. The smallest absolute Gasteiger partial charge is 0.0726 e. The van der Waals surface area contributed by atoms with Crippen molar-refractivity contribution in [1.82, 2.24) is 9.88 Å². The number of hydrogen-bond donors (Lipinski definition) is 1. The van der Waals surface area contributed by atoms with E-state index in [1.807, 2.05) is 13.0 Å². The van der Waals surface area contributed by atoms with Gasteiger partial charge in [0.2, 0.25) is 0 Å². The molecule has 0 atom stereocenters. The van der Waals surface area contributed by atoms with Gasteiger partial charge in [-0.1, -0.05) is 15.9 Å². The fraction of sp³-hybridized carbons (Fsp3) is 0.400. The van der Waals surface area contributed by atoms with Crippen molar-refractivity contribution in [2.75, 3.05) is 32.5 Å². The zero-order valence-electron chi connectivity index (χ0n) is 11.7. The number of pyridine rings is 1. The Morgan fingerprint density at radius 2 is 2.05 bits per heavy atom. The SMILES string of the molecule is Cc1cc(NCCCN(C)C)c2cc(Br)ccc2n1. The van der Waals surface area contributed by atoms with Gasteiger partial charge in [0.05, 0.1) is 5.52 Å². The molecule has 0 saturated heterocycles. The van der Waals surface area contributed by atoms with Crippen molar-refractivity contribution in [2.24, 2.45) is 0 Å². The standard InChI is InChI=1S/C15H20BrN3/c1-11-9-15(17-7-4-8-19(2)3)13-10-12(16)5-6-14(13)18-11/h5-6,9-10H,4,7-8H2,1-3H3,(H,17,18). The first-order valence-electron chi connectivity index (χ1n) is 6.52. The van der Waals surface area contributed by atoms with E-state index in [9.17, 15) is 0 Å². The molecule has 102 valence electrons. The van der Waals surface area contributed by atoms with E-state index in [1.54, 1.807) is 0 Å². The highest BCUT2D eigenvalue weighted by atomic mass is 79.9. The van der Waals surface area contributed by atoms with Crippen molar-refractivity contribution in [2.45, 2.75) is 13.3 Å². The van der Waals surface area contributed by atoms with Crippen LogP contribution in [-0.2, 0) is 0 Å². The van der Waals surface area contributed by atoms with Gasteiger partial charge in [0.1, 0.15) is 0 Å². The Labute approximate surface area is 123 Å². The highest BCUT2D eigenvalue weighted by Crippen LogP contribution is 2.26. The Morgan fingerprint density at radius 1 is 1.26 bits per heavy atom. The molecule has 0 saturated carbocycles. The summed E-state index contributed by atoms with van der Waals surface area (Å²) in [5.74, 6) is 0. The summed E-state index contributed by atoms with van der Waals surface area (Å²) in [6.45, 7) is 4.11. The Morgan fingerprint density at radius 3 is 2.79 bits per heavy atom. The Bertz CT molecular complexity index is 567. The fourth-order valence-electron chi connectivity index (χ4n) is 2.09. The first kappa shape index (κ1) is 14.3. The van der Waals surface area contributed by atoms with Crippen LogP contribution in [0.15, 0.2) is 28.7 Å². The maximum Gasteiger partial charge on any atom is 0.0726 e. The van der Waals surface area contributed by atoms with Gasteiger partial charge in [-0.15, -0.1) is 0 Å². The molecule has 0 fully saturated rings. The van der Waals surface area contributed by atoms with E-state index in [1.165, 1.54) is 11.1 Å². The lowest BCUT2D eigenvalue weighted by molar-refractivity contribution is 0.405. The van der Waals surface area contributed by atoms with Crippen LogP contribution in [0.5, 0.6) is 0 Å². The number of anilines is 1. The van der Waals surface area contributed by atoms with Crippen molar-refractivity contribution in [1.29, 1.82) is 0 Å². The molecular weight excluding hydrogens is 302 g/mol. The molecule has 1 aromatic heterocycles. The molecule has 3 nitrogen and oxygen atoms in total. The van der Waals surface area contributed by atoms with E-state index >= 15 is 0 Å². The second-order valence-electron chi connectivity index (χ2n) is 5.06. The largest absolute Gasteiger partial charge is 0.384 e. The van der Waals surface area contributed by atoms with E-state index in [4.69, 9.17) is 0 Å². The molecule has 0 bridgehead atoms. The molecule has 2 aromatic rings. The fourth-order valence-corrected chi connectivity index (χ4v) is 2.46. The Kier molecular flexibility index (Phi) is 4.77. The number of aryl methyl sites for hydroxylation is 1. The first-order chi connectivity index (χ1) is 9.06. The van der Waals surface area contributed by atoms with Crippen LogP contribution in [0.1, 0.15) is 12.1 Å². The van der Waals surface area contributed by atoms with E-state index < -0.39 is 0 Å². The average Bonchev–Trinajstić information content (AvgIpc) is 2.35. The molecule has 1 aromatic carbocycles. The Balaban J connectivity index is 2.19. The molecule has 0 aliphatic rings. The molecule has 1 N–H and O–H groups in total. The molecule has 0 radical (unpaired) electrons. The predicted molar refractivity (Wildman–Crippen MR) is 85.8 cm³/mol. The molecule has 0 aliphatic carbocycles. The van der Waals surface area contributed by atoms with E-state index in [0.29, 0.717) is 0 Å². The van der Waals surface area contributed by atoms with Crippen molar-refractivity contribution < 1.29 is 0 Å². The number of aromatic nitrogens is 1. The van der Waals surface area contributed by atoms with Crippen LogP contribution in [0.2, 0.25) is 0 Å². The van der Waals surface area contributed by atoms with E-state index in [-0.39, 0.29) is 0 Å². The molecule has 1 heterocycles. The van der Waals surface area contributed by atoms with Crippen LogP contribution < -0.4 is 5.32 Å². The topological polar surface area (TPSA) is 28.2 Å². The summed E-state index contributed by atoms with van der Waals surface area (Å²) in [5.41, 5.74) is 3.26. The van der Waals surface area contributed by atoms with Gasteiger partial charge in [-0.05, 0) is 58.3 Å². The van der Waals surface area contributed by atoms with Crippen LogP contribution in [0, 0.1) is 6.92 Å². The number of fused-ring (bicyclic) bond motifs is 1.